The van der Waals surface area contributed by atoms with Gasteiger partial charge in [-0.15, -0.1) is 4.91 Å². The van der Waals surface area contributed by atoms with Gasteiger partial charge in [-0.25, -0.2) is 5.01 Å². The molecule has 0 aromatic carbocycles. The molecule has 0 saturated heterocycles. The van der Waals surface area contributed by atoms with E-state index in [1.54, 1.807) is 20.8 Å². The first kappa shape index (κ1) is 13.9. The Morgan fingerprint density at radius 2 is 2.00 bits per heavy atom. The van der Waals surface area contributed by atoms with Crippen molar-refractivity contribution in [3.05, 3.63) is 4.91 Å². The Bertz CT molecular complexity index is 211. The van der Waals surface area contributed by atoms with E-state index < -0.39 is 5.41 Å². The maximum Gasteiger partial charge on any atom is 0.312 e. The van der Waals surface area contributed by atoms with E-state index in [1.807, 2.05) is 6.92 Å². The topological polar surface area (TPSA) is 59.0 Å². The largest absolute Gasteiger partial charge is 0.442 e. The van der Waals surface area contributed by atoms with Gasteiger partial charge in [-0.2, -0.15) is 0 Å². The van der Waals surface area contributed by atoms with E-state index >= 15 is 0 Å². The normalized spacial score (nSPS) is 10.9. The molecule has 0 aliphatic heterocycles. The van der Waals surface area contributed by atoms with Crippen molar-refractivity contribution in [1.82, 2.24) is 5.01 Å². The van der Waals surface area contributed by atoms with Crippen LogP contribution in [0, 0.1) is 10.3 Å². The highest BCUT2D eigenvalue weighted by Crippen LogP contribution is 2.15. The maximum atomic E-state index is 11.4. The minimum atomic E-state index is -0.542. The number of hydrogen-bond donors (Lipinski definition) is 0. The van der Waals surface area contributed by atoms with Gasteiger partial charge in [0.1, 0.15) is 0 Å². The third-order valence-corrected chi connectivity index (χ3v) is 1.84. The van der Waals surface area contributed by atoms with E-state index in [4.69, 9.17) is 4.74 Å². The molecule has 0 atom stereocenters. The smallest absolute Gasteiger partial charge is 0.312 e. The van der Waals surface area contributed by atoms with Crippen molar-refractivity contribution in [3.8, 4) is 0 Å². The van der Waals surface area contributed by atoms with Gasteiger partial charge in [0, 0.05) is 6.54 Å². The van der Waals surface area contributed by atoms with Gasteiger partial charge < -0.3 is 4.74 Å². The number of hydrogen-bond acceptors (Lipinski definition) is 4. The Hall–Kier alpha value is -1.13. The fourth-order valence-electron chi connectivity index (χ4n) is 0.819. The van der Waals surface area contributed by atoms with Crippen LogP contribution in [-0.2, 0) is 9.53 Å². The number of esters is 1. The summed E-state index contributed by atoms with van der Waals surface area (Å²) in [7, 11) is 0. The first-order chi connectivity index (χ1) is 6.91. The molecule has 0 saturated carbocycles. The van der Waals surface area contributed by atoms with Crippen LogP contribution < -0.4 is 0 Å². The van der Waals surface area contributed by atoms with Crippen LogP contribution in [0.5, 0.6) is 0 Å². The zero-order valence-corrected chi connectivity index (χ0v) is 9.95. The number of rotatable bonds is 6. The molecular formula is C10H20N2O3. The standard InChI is InChI=1S/C10H20N2O3/c1-5-6-7-12(11-14)8-15-9(13)10(2,3)4/h5-8H2,1-4H3. The summed E-state index contributed by atoms with van der Waals surface area (Å²) in [4.78, 5) is 21.7. The average molecular weight is 216 g/mol. The molecule has 0 bridgehead atoms. The molecular weight excluding hydrogens is 196 g/mol. The second-order valence-electron chi connectivity index (χ2n) is 4.48. The van der Waals surface area contributed by atoms with Crippen molar-refractivity contribution in [3.63, 3.8) is 0 Å². The van der Waals surface area contributed by atoms with E-state index in [0.717, 1.165) is 12.8 Å². The van der Waals surface area contributed by atoms with E-state index in [-0.39, 0.29) is 12.7 Å². The molecule has 0 spiro atoms. The second-order valence-corrected chi connectivity index (χ2v) is 4.48. The molecule has 0 fully saturated rings. The first-order valence-corrected chi connectivity index (χ1v) is 5.17. The van der Waals surface area contributed by atoms with Crippen LogP contribution in [0.15, 0.2) is 5.29 Å². The molecule has 5 nitrogen and oxygen atoms in total. The van der Waals surface area contributed by atoms with Gasteiger partial charge in [-0.1, -0.05) is 13.3 Å². The Morgan fingerprint density at radius 1 is 1.40 bits per heavy atom. The third kappa shape index (κ3) is 6.04. The predicted octanol–water partition coefficient (Wildman–Crippen LogP) is 2.32. The van der Waals surface area contributed by atoms with Gasteiger partial charge in [0.15, 0.2) is 6.73 Å². The summed E-state index contributed by atoms with van der Waals surface area (Å²) in [5.41, 5.74) is -0.542. The molecule has 0 aliphatic rings. The molecule has 0 N–H and O–H groups in total. The zero-order chi connectivity index (χ0) is 11.9. The number of carbonyl (C=O) groups excluding carboxylic acids is 1. The summed E-state index contributed by atoms with van der Waals surface area (Å²) in [5.74, 6) is -0.326. The average Bonchev–Trinajstić information content (AvgIpc) is 2.16. The van der Waals surface area contributed by atoms with Crippen LogP contribution in [-0.4, -0.2) is 24.3 Å². The van der Waals surface area contributed by atoms with Gasteiger partial charge in [0.05, 0.1) is 10.7 Å². The summed E-state index contributed by atoms with van der Waals surface area (Å²) >= 11 is 0. The molecule has 5 heteroatoms. The maximum absolute atomic E-state index is 11.4. The Kier molecular flexibility index (Phi) is 5.89. The third-order valence-electron chi connectivity index (χ3n) is 1.84. The summed E-state index contributed by atoms with van der Waals surface area (Å²) in [6, 6.07) is 0. The molecule has 15 heavy (non-hydrogen) atoms. The highest BCUT2D eigenvalue weighted by atomic mass is 16.6. The SMILES string of the molecule is CCCCN(COC(=O)C(C)(C)C)N=O. The van der Waals surface area contributed by atoms with Gasteiger partial charge in [0.2, 0.25) is 0 Å². The molecule has 0 unspecified atom stereocenters. The first-order valence-electron chi connectivity index (χ1n) is 5.17. The molecule has 0 aromatic rings. The molecule has 0 radical (unpaired) electrons. The fourth-order valence-corrected chi connectivity index (χ4v) is 0.819. The molecule has 0 amide bonds. The predicted molar refractivity (Wildman–Crippen MR) is 57.8 cm³/mol. The van der Waals surface area contributed by atoms with Crippen LogP contribution in [0.1, 0.15) is 40.5 Å². The quantitative estimate of drug-likeness (QED) is 0.296. The van der Waals surface area contributed by atoms with Crippen LogP contribution in [0.25, 0.3) is 0 Å². The van der Waals surface area contributed by atoms with Gasteiger partial charge in [-0.3, -0.25) is 4.79 Å². The molecule has 0 rings (SSSR count). The molecule has 0 aromatic heterocycles. The van der Waals surface area contributed by atoms with E-state index in [1.165, 1.54) is 5.01 Å². The van der Waals surface area contributed by atoms with E-state index in [9.17, 15) is 9.70 Å². The van der Waals surface area contributed by atoms with Crippen molar-refractivity contribution >= 4 is 5.97 Å². The second kappa shape index (κ2) is 6.37. The Labute approximate surface area is 90.7 Å². The molecule has 0 aliphatic carbocycles. The zero-order valence-electron chi connectivity index (χ0n) is 9.95. The van der Waals surface area contributed by atoms with Crippen molar-refractivity contribution in [1.29, 1.82) is 0 Å². The van der Waals surface area contributed by atoms with Crippen LogP contribution in [0.4, 0.5) is 0 Å². The number of carbonyl (C=O) groups is 1. The number of nitrogens with zero attached hydrogens (tertiary/aromatic N) is 2. The lowest BCUT2D eigenvalue weighted by Gasteiger charge is -2.19. The van der Waals surface area contributed by atoms with Crippen LogP contribution in [0.3, 0.4) is 0 Å². The highest BCUT2D eigenvalue weighted by Gasteiger charge is 2.23. The van der Waals surface area contributed by atoms with Crippen molar-refractivity contribution in [2.45, 2.75) is 40.5 Å². The summed E-state index contributed by atoms with van der Waals surface area (Å²) in [6.45, 7) is 7.78. The van der Waals surface area contributed by atoms with Gasteiger partial charge >= 0.3 is 5.97 Å². The van der Waals surface area contributed by atoms with Gasteiger partial charge in [-0.05, 0) is 27.2 Å². The highest BCUT2D eigenvalue weighted by molar-refractivity contribution is 5.75. The lowest BCUT2D eigenvalue weighted by Crippen LogP contribution is -2.29. The Morgan fingerprint density at radius 3 is 2.40 bits per heavy atom. The fraction of sp³-hybridized carbons (Fsp3) is 0.900. The summed E-state index contributed by atoms with van der Waals surface area (Å²) in [6.07, 6.45) is 1.83. The van der Waals surface area contributed by atoms with Crippen molar-refractivity contribution < 1.29 is 9.53 Å². The lowest BCUT2D eigenvalue weighted by molar-refractivity contribution is -0.158. The minimum absolute atomic E-state index is 0.0559. The molecule has 88 valence electrons. The van der Waals surface area contributed by atoms with Crippen LogP contribution >= 0.6 is 0 Å². The van der Waals surface area contributed by atoms with Gasteiger partial charge in [0.25, 0.3) is 0 Å². The summed E-state index contributed by atoms with van der Waals surface area (Å²) in [5, 5.41) is 4.00. The van der Waals surface area contributed by atoms with Crippen molar-refractivity contribution in [2.24, 2.45) is 10.7 Å². The van der Waals surface area contributed by atoms with Crippen molar-refractivity contribution in [2.75, 3.05) is 13.3 Å². The lowest BCUT2D eigenvalue weighted by atomic mass is 9.98. The minimum Gasteiger partial charge on any atom is -0.442 e. The number of unbranched alkanes of at least 4 members (excludes halogenated alkanes) is 1. The number of nitroso groups, excluding NO2 is 1. The molecule has 0 heterocycles. The monoisotopic (exact) mass is 216 g/mol. The van der Waals surface area contributed by atoms with E-state index in [2.05, 4.69) is 5.29 Å². The van der Waals surface area contributed by atoms with E-state index in [0.29, 0.717) is 6.54 Å². The summed E-state index contributed by atoms with van der Waals surface area (Å²) < 4.78 is 4.95. The Balaban J connectivity index is 3.90. The number of ether oxygens (including phenoxy) is 1. The van der Waals surface area contributed by atoms with Crippen LogP contribution in [0.2, 0.25) is 0 Å².